The molecule has 0 heterocycles. The smallest absolute Gasteiger partial charge is 0.300 e. The van der Waals surface area contributed by atoms with E-state index in [1.807, 2.05) is 0 Å². The maximum atomic E-state index is 9.47. The molecule has 0 bridgehead atoms. The number of hydrogen-bond donors (Lipinski definition) is 6. The highest BCUT2D eigenvalue weighted by Crippen LogP contribution is 1.49. The van der Waals surface area contributed by atoms with Gasteiger partial charge in [-0.15, -0.1) is 0 Å². The van der Waals surface area contributed by atoms with Gasteiger partial charge < -0.3 is 28.0 Å². The average Bonchev–Trinajstić information content (AvgIpc) is 2.16. The molecule has 9 heteroatoms. The molecule has 0 fully saturated rings. The molecule has 0 spiro atoms. The van der Waals surface area contributed by atoms with Crippen molar-refractivity contribution in [1.29, 1.82) is 5.41 Å². The Morgan fingerprint density at radius 1 is 1.00 bits per heavy atom. The fourth-order valence-electron chi connectivity index (χ4n) is 0. The van der Waals surface area contributed by atoms with E-state index in [2.05, 4.69) is 36.1 Å². The second-order valence-electron chi connectivity index (χ2n) is 2.19. The van der Waals surface area contributed by atoms with Gasteiger partial charge >= 0.3 is 0 Å². The third-order valence-corrected chi connectivity index (χ3v) is 0.402. The maximum Gasteiger partial charge on any atom is 0.300 e. The molecule has 0 aliphatic heterocycles. The van der Waals surface area contributed by atoms with E-state index in [1.165, 1.54) is 0 Å². The Labute approximate surface area is 105 Å². The normalized spacial score (nSPS) is 6.28. The third-order valence-electron chi connectivity index (χ3n) is 0.402. The topological polar surface area (TPSA) is 199 Å². The van der Waals surface area contributed by atoms with Crippen LogP contribution in [-0.2, 0) is 14.4 Å². The fourth-order valence-corrected chi connectivity index (χ4v) is 0. The SMILES string of the molecule is C=CC(N)=O.C=CC(N)=O.CC(=O)O.N=C(N)N. The number of amides is 2. The number of carboxylic acids is 1. The zero-order valence-corrected chi connectivity index (χ0v) is 10.1. The first kappa shape index (κ1) is 24.4. The molecular weight excluding hydrogens is 242 g/mol. The summed E-state index contributed by atoms with van der Waals surface area (Å²) >= 11 is 0. The number of carbonyl (C=O) groups is 3. The van der Waals surface area contributed by atoms with E-state index >= 15 is 0 Å². The molecule has 104 valence electrons. The number of primary amides is 2. The maximum absolute atomic E-state index is 9.47. The summed E-state index contributed by atoms with van der Waals surface area (Å²) in [5.41, 5.74) is 18.0. The Morgan fingerprint density at radius 2 is 1.06 bits per heavy atom. The molecule has 0 aromatic heterocycles. The van der Waals surface area contributed by atoms with Crippen molar-refractivity contribution in [2.45, 2.75) is 6.92 Å². The molecule has 0 saturated heterocycles. The lowest BCUT2D eigenvalue weighted by molar-refractivity contribution is -0.134. The second-order valence-corrected chi connectivity index (χ2v) is 2.19. The molecule has 0 saturated carbocycles. The van der Waals surface area contributed by atoms with Crippen molar-refractivity contribution in [1.82, 2.24) is 0 Å². The highest BCUT2D eigenvalue weighted by molar-refractivity contribution is 5.85. The number of carboxylic acid groups (broad SMARTS) is 1. The van der Waals surface area contributed by atoms with Gasteiger partial charge in [-0.1, -0.05) is 13.2 Å². The van der Waals surface area contributed by atoms with Crippen LogP contribution in [0.5, 0.6) is 0 Å². The van der Waals surface area contributed by atoms with Crippen LogP contribution in [0.25, 0.3) is 0 Å². The quantitative estimate of drug-likeness (QED) is 0.193. The van der Waals surface area contributed by atoms with Crippen LogP contribution in [0.4, 0.5) is 0 Å². The van der Waals surface area contributed by atoms with Crippen molar-refractivity contribution in [2.24, 2.45) is 22.9 Å². The number of rotatable bonds is 2. The molecule has 18 heavy (non-hydrogen) atoms. The highest BCUT2D eigenvalue weighted by atomic mass is 16.4. The molecule has 0 atom stereocenters. The predicted molar refractivity (Wildman–Crippen MR) is 68.2 cm³/mol. The van der Waals surface area contributed by atoms with Crippen LogP contribution in [-0.4, -0.2) is 28.8 Å². The summed E-state index contributed by atoms with van der Waals surface area (Å²) in [6.07, 6.45) is 2.11. The summed E-state index contributed by atoms with van der Waals surface area (Å²) in [5, 5.41) is 13.5. The monoisotopic (exact) mass is 261 g/mol. The summed E-state index contributed by atoms with van der Waals surface area (Å²) in [5.74, 6) is -2.13. The van der Waals surface area contributed by atoms with Crippen molar-refractivity contribution in [2.75, 3.05) is 0 Å². The first-order valence-corrected chi connectivity index (χ1v) is 4.13. The number of nitrogens with two attached hydrogens (primary N) is 4. The van der Waals surface area contributed by atoms with Gasteiger partial charge in [-0.25, -0.2) is 0 Å². The van der Waals surface area contributed by atoms with Crippen molar-refractivity contribution >= 4 is 23.7 Å². The van der Waals surface area contributed by atoms with Gasteiger partial charge in [0.15, 0.2) is 5.96 Å². The largest absolute Gasteiger partial charge is 0.481 e. The summed E-state index contributed by atoms with van der Waals surface area (Å²) in [6, 6.07) is 0. The van der Waals surface area contributed by atoms with E-state index in [1.54, 1.807) is 0 Å². The van der Waals surface area contributed by atoms with Crippen LogP contribution < -0.4 is 22.9 Å². The third kappa shape index (κ3) is 1450. The molecule has 0 rings (SSSR count). The second kappa shape index (κ2) is 19.7. The van der Waals surface area contributed by atoms with Gasteiger partial charge in [0.2, 0.25) is 11.8 Å². The molecule has 0 aliphatic rings. The first-order chi connectivity index (χ1) is 8.00. The molecule has 9 nitrogen and oxygen atoms in total. The van der Waals surface area contributed by atoms with E-state index in [-0.39, 0.29) is 5.96 Å². The van der Waals surface area contributed by atoms with Gasteiger partial charge in [0.25, 0.3) is 5.97 Å². The van der Waals surface area contributed by atoms with Crippen LogP contribution in [0.3, 0.4) is 0 Å². The summed E-state index contributed by atoms with van der Waals surface area (Å²) in [7, 11) is 0. The number of aliphatic carboxylic acids is 1. The van der Waals surface area contributed by atoms with Gasteiger partial charge in [-0.3, -0.25) is 19.8 Å². The molecule has 10 N–H and O–H groups in total. The average molecular weight is 261 g/mol. The lowest BCUT2D eigenvalue weighted by atomic mass is 10.6. The Kier molecular flexibility index (Phi) is 26.7. The molecule has 0 aromatic carbocycles. The van der Waals surface area contributed by atoms with Crippen LogP contribution in [0.15, 0.2) is 25.3 Å². The van der Waals surface area contributed by atoms with E-state index in [0.29, 0.717) is 0 Å². The van der Waals surface area contributed by atoms with Gasteiger partial charge in [0, 0.05) is 6.92 Å². The molecule has 0 radical (unpaired) electrons. The molecule has 0 unspecified atom stereocenters. The lowest BCUT2D eigenvalue weighted by Gasteiger charge is -1.69. The Balaban J connectivity index is -0.0000000731. The number of hydrogen-bond acceptors (Lipinski definition) is 4. The summed E-state index contributed by atoms with van der Waals surface area (Å²) in [6.45, 7) is 7.25. The lowest BCUT2D eigenvalue weighted by Crippen LogP contribution is -2.20. The standard InChI is InChI=1S/2C3H5NO.C2H4O2.CH5N3/c2*1-2-3(4)5;1-2(3)4;2-1(3)4/h2*2H,1H2,(H2,4,5);1H3,(H,3,4);(H5,2,3,4). The van der Waals surface area contributed by atoms with E-state index < -0.39 is 17.8 Å². The van der Waals surface area contributed by atoms with Crippen molar-refractivity contribution < 1.29 is 19.5 Å². The molecule has 2 amide bonds. The van der Waals surface area contributed by atoms with E-state index in [9.17, 15) is 9.59 Å². The highest BCUT2D eigenvalue weighted by Gasteiger charge is 1.70. The minimum atomic E-state index is -0.833. The van der Waals surface area contributed by atoms with Gasteiger partial charge in [0.1, 0.15) is 0 Å². The summed E-state index contributed by atoms with van der Waals surface area (Å²) < 4.78 is 0. The zero-order chi connectivity index (χ0) is 15.7. The Morgan fingerprint density at radius 3 is 1.06 bits per heavy atom. The van der Waals surface area contributed by atoms with Gasteiger partial charge in [-0.05, 0) is 12.2 Å². The molecule has 0 aliphatic carbocycles. The molecular formula is C9H19N5O4. The van der Waals surface area contributed by atoms with Crippen LogP contribution in [0, 0.1) is 5.41 Å². The van der Waals surface area contributed by atoms with Crippen LogP contribution in [0.2, 0.25) is 0 Å². The van der Waals surface area contributed by atoms with Crippen LogP contribution >= 0.6 is 0 Å². The number of nitrogens with one attached hydrogen (secondary N) is 1. The van der Waals surface area contributed by atoms with Crippen molar-refractivity contribution in [3.8, 4) is 0 Å². The van der Waals surface area contributed by atoms with E-state index in [4.69, 9.17) is 15.3 Å². The van der Waals surface area contributed by atoms with Crippen LogP contribution in [0.1, 0.15) is 6.92 Å². The minimum absolute atomic E-state index is 0.333. The van der Waals surface area contributed by atoms with Crippen molar-refractivity contribution in [3.63, 3.8) is 0 Å². The number of carbonyl (C=O) groups excluding carboxylic acids is 2. The van der Waals surface area contributed by atoms with Gasteiger partial charge in [-0.2, -0.15) is 0 Å². The summed E-state index contributed by atoms with van der Waals surface area (Å²) in [4.78, 5) is 27.9. The van der Waals surface area contributed by atoms with Gasteiger partial charge in [0.05, 0.1) is 0 Å². The molecule has 0 aromatic rings. The zero-order valence-electron chi connectivity index (χ0n) is 10.1. The predicted octanol–water partition coefficient (Wildman–Crippen LogP) is -1.76. The first-order valence-electron chi connectivity index (χ1n) is 4.13. The minimum Gasteiger partial charge on any atom is -0.481 e. The number of guanidine groups is 1. The Hall–Kier alpha value is -2.84. The van der Waals surface area contributed by atoms with Crippen molar-refractivity contribution in [3.05, 3.63) is 25.3 Å². The Bertz CT molecular complexity index is 263. The fraction of sp³-hybridized carbons (Fsp3) is 0.111. The van der Waals surface area contributed by atoms with E-state index in [0.717, 1.165) is 19.1 Å².